The van der Waals surface area contributed by atoms with Gasteiger partial charge in [0, 0.05) is 5.39 Å². The summed E-state index contributed by atoms with van der Waals surface area (Å²) in [5.41, 5.74) is 2.68. The number of nitrogens with zero attached hydrogens (tertiary/aromatic N) is 5. The zero-order chi connectivity index (χ0) is 28.7. The Labute approximate surface area is 220 Å². The molecule has 0 saturated heterocycles. The van der Waals surface area contributed by atoms with Crippen molar-refractivity contribution in [3.05, 3.63) is 88.4 Å². The number of hydrogen-bond acceptors (Lipinski definition) is 7. The maximum Gasteiger partial charge on any atom is 0.437 e. The summed E-state index contributed by atoms with van der Waals surface area (Å²) < 4.78 is 69.0. The third-order valence-corrected chi connectivity index (χ3v) is 6.79. The Bertz CT molecular complexity index is 1770. The zero-order valence-electron chi connectivity index (χ0n) is 20.4. The number of anilines is 1. The lowest BCUT2D eigenvalue weighted by molar-refractivity contribution is -0.140. The molecule has 10 nitrogen and oxygen atoms in total. The van der Waals surface area contributed by atoms with Crippen molar-refractivity contribution in [2.24, 2.45) is 5.73 Å². The zero-order valence-corrected chi connectivity index (χ0v) is 21.2. The highest BCUT2D eigenvalue weighted by Gasteiger charge is 2.44. The maximum atomic E-state index is 14.2. The molecule has 2 aromatic carbocycles. The second kappa shape index (κ2) is 9.84. The van der Waals surface area contributed by atoms with E-state index in [0.717, 1.165) is 10.7 Å². The van der Waals surface area contributed by atoms with Gasteiger partial charge in [-0.05, 0) is 36.8 Å². The van der Waals surface area contributed by atoms with Crippen molar-refractivity contribution >= 4 is 38.4 Å². The van der Waals surface area contributed by atoms with Crippen LogP contribution in [0.15, 0.2) is 54.6 Å². The van der Waals surface area contributed by atoms with Crippen LogP contribution < -0.4 is 10.0 Å². The van der Waals surface area contributed by atoms with E-state index in [1.807, 2.05) is 6.07 Å². The first-order chi connectivity index (χ1) is 18.2. The molecular weight excluding hydrogens is 537 g/mol. The summed E-state index contributed by atoms with van der Waals surface area (Å²) in [6.07, 6.45) is -4.58. The summed E-state index contributed by atoms with van der Waals surface area (Å²) in [6.45, 7) is 0.974. The number of amides is 2. The van der Waals surface area contributed by atoms with E-state index in [9.17, 15) is 31.2 Å². The molecule has 14 heteroatoms. The predicted molar refractivity (Wildman–Crippen MR) is 134 cm³/mol. The molecule has 4 aromatic rings. The standard InChI is InChI=1S/C25H19F3N6O4S/c1-14-21(22(25(26,27)28)32-33(14)13-16-9-7-15(12-29)8-10-16)34(39(2,37)38)24(36)20-11-18(23(30)35)17-5-3-4-6-19(17)31-20/h3-11H,13H2,1-2H3,(H2,30,35). The minimum absolute atomic E-state index is 0.0185. The number of sulfonamides is 1. The number of alkyl halides is 3. The number of para-hydroxylation sites is 1. The lowest BCUT2D eigenvalue weighted by Gasteiger charge is -2.22. The molecule has 2 aromatic heterocycles. The average molecular weight is 557 g/mol. The number of nitriles is 1. The highest BCUT2D eigenvalue weighted by molar-refractivity contribution is 7.92. The normalized spacial score (nSPS) is 11.8. The van der Waals surface area contributed by atoms with Gasteiger partial charge in [0.1, 0.15) is 11.4 Å². The molecule has 2 heterocycles. The summed E-state index contributed by atoms with van der Waals surface area (Å²) in [4.78, 5) is 29.7. The monoisotopic (exact) mass is 556 g/mol. The van der Waals surface area contributed by atoms with Crippen molar-refractivity contribution < 1.29 is 31.2 Å². The van der Waals surface area contributed by atoms with Gasteiger partial charge in [0.15, 0.2) is 5.69 Å². The third-order valence-electron chi connectivity index (χ3n) is 5.78. The van der Waals surface area contributed by atoms with Crippen molar-refractivity contribution in [2.75, 3.05) is 10.6 Å². The predicted octanol–water partition coefficient (Wildman–Crippen LogP) is 3.38. The maximum absolute atomic E-state index is 14.2. The molecule has 0 fully saturated rings. The highest BCUT2D eigenvalue weighted by Crippen LogP contribution is 2.39. The van der Waals surface area contributed by atoms with E-state index in [4.69, 9.17) is 11.0 Å². The van der Waals surface area contributed by atoms with Crippen LogP contribution in [-0.4, -0.2) is 41.3 Å². The molecule has 0 saturated carbocycles. The molecule has 0 bridgehead atoms. The second-order valence-electron chi connectivity index (χ2n) is 8.52. The van der Waals surface area contributed by atoms with Gasteiger partial charge in [-0.15, -0.1) is 0 Å². The van der Waals surface area contributed by atoms with Gasteiger partial charge in [-0.25, -0.2) is 13.4 Å². The lowest BCUT2D eigenvalue weighted by atomic mass is 10.1. The summed E-state index contributed by atoms with van der Waals surface area (Å²) in [5.74, 6) is -2.38. The van der Waals surface area contributed by atoms with Crippen LogP contribution in [0.1, 0.15) is 43.4 Å². The molecular formula is C25H19F3N6O4S. The van der Waals surface area contributed by atoms with Crippen LogP contribution in [0.4, 0.5) is 18.9 Å². The molecule has 200 valence electrons. The van der Waals surface area contributed by atoms with Crippen molar-refractivity contribution in [1.82, 2.24) is 14.8 Å². The van der Waals surface area contributed by atoms with Crippen LogP contribution in [0.3, 0.4) is 0 Å². The fraction of sp³-hybridized carbons (Fsp3) is 0.160. The molecule has 2 N–H and O–H groups in total. The Kier molecular flexibility index (Phi) is 6.88. The lowest BCUT2D eigenvalue weighted by Crippen LogP contribution is -2.38. The number of benzene rings is 2. The largest absolute Gasteiger partial charge is 0.437 e. The van der Waals surface area contributed by atoms with Crippen LogP contribution in [0, 0.1) is 18.3 Å². The molecule has 0 aliphatic rings. The van der Waals surface area contributed by atoms with Gasteiger partial charge < -0.3 is 5.73 Å². The van der Waals surface area contributed by atoms with Gasteiger partial charge in [0.2, 0.25) is 15.9 Å². The highest BCUT2D eigenvalue weighted by atomic mass is 32.2. The van der Waals surface area contributed by atoms with Crippen LogP contribution >= 0.6 is 0 Å². The molecule has 0 aliphatic heterocycles. The van der Waals surface area contributed by atoms with Crippen molar-refractivity contribution in [3.63, 3.8) is 0 Å². The van der Waals surface area contributed by atoms with E-state index in [1.165, 1.54) is 43.3 Å². The number of fused-ring (bicyclic) bond motifs is 1. The van der Waals surface area contributed by atoms with Gasteiger partial charge in [-0.1, -0.05) is 30.3 Å². The molecule has 0 unspecified atom stereocenters. The number of carbonyl (C=O) groups is 2. The summed E-state index contributed by atoms with van der Waals surface area (Å²) in [5, 5.41) is 12.8. The number of rotatable bonds is 6. The van der Waals surface area contributed by atoms with Gasteiger partial charge in [-0.2, -0.15) is 27.8 Å². The van der Waals surface area contributed by atoms with E-state index in [0.29, 0.717) is 17.4 Å². The third kappa shape index (κ3) is 5.30. The minimum Gasteiger partial charge on any atom is -0.366 e. The molecule has 0 atom stereocenters. The smallest absolute Gasteiger partial charge is 0.366 e. The SMILES string of the molecule is Cc1c(N(C(=O)c2cc(C(N)=O)c3ccccc3n2)S(C)(=O)=O)c(C(F)(F)F)nn1Cc1ccc(C#N)cc1. The van der Waals surface area contributed by atoms with Crippen LogP contribution in [-0.2, 0) is 22.7 Å². The summed E-state index contributed by atoms with van der Waals surface area (Å²) >= 11 is 0. The Morgan fingerprint density at radius 2 is 1.77 bits per heavy atom. The number of nitrogens with two attached hydrogens (primary N) is 1. The molecule has 39 heavy (non-hydrogen) atoms. The average Bonchev–Trinajstić information content (AvgIpc) is 3.18. The molecule has 2 amide bonds. The van der Waals surface area contributed by atoms with E-state index in [-0.39, 0.29) is 33.0 Å². The first kappa shape index (κ1) is 27.3. The van der Waals surface area contributed by atoms with Gasteiger partial charge in [0.25, 0.3) is 5.91 Å². The minimum atomic E-state index is -5.14. The number of hydrogen-bond donors (Lipinski definition) is 1. The van der Waals surface area contributed by atoms with Crippen LogP contribution in [0.5, 0.6) is 0 Å². The molecule has 0 spiro atoms. The number of aromatic nitrogens is 3. The Morgan fingerprint density at radius 1 is 1.13 bits per heavy atom. The van der Waals surface area contributed by atoms with Gasteiger partial charge >= 0.3 is 6.18 Å². The van der Waals surface area contributed by atoms with Crippen molar-refractivity contribution in [3.8, 4) is 6.07 Å². The van der Waals surface area contributed by atoms with Crippen LogP contribution in [0.25, 0.3) is 10.9 Å². The molecule has 4 rings (SSSR count). The molecule has 0 radical (unpaired) electrons. The van der Waals surface area contributed by atoms with E-state index >= 15 is 0 Å². The second-order valence-corrected chi connectivity index (χ2v) is 10.3. The summed E-state index contributed by atoms with van der Waals surface area (Å²) in [7, 11) is -4.69. The quantitative estimate of drug-likeness (QED) is 0.382. The van der Waals surface area contributed by atoms with Gasteiger partial charge in [0.05, 0.1) is 41.2 Å². The van der Waals surface area contributed by atoms with E-state index in [1.54, 1.807) is 12.1 Å². The van der Waals surface area contributed by atoms with Crippen LogP contribution in [0.2, 0.25) is 0 Å². The van der Waals surface area contributed by atoms with E-state index in [2.05, 4.69) is 10.1 Å². The van der Waals surface area contributed by atoms with Crippen molar-refractivity contribution in [2.45, 2.75) is 19.6 Å². The Morgan fingerprint density at radius 3 is 2.33 bits per heavy atom. The van der Waals surface area contributed by atoms with E-state index < -0.39 is 45.1 Å². The Balaban J connectivity index is 1.91. The summed E-state index contributed by atoms with van der Waals surface area (Å²) in [6, 6.07) is 14.9. The number of carbonyl (C=O) groups excluding carboxylic acids is 2. The first-order valence-corrected chi connectivity index (χ1v) is 12.9. The molecule has 0 aliphatic carbocycles. The first-order valence-electron chi connectivity index (χ1n) is 11.1. The number of pyridine rings is 1. The number of halogens is 3. The Hall–Kier alpha value is -4.77. The number of primary amides is 1. The fourth-order valence-electron chi connectivity index (χ4n) is 3.99. The van der Waals surface area contributed by atoms with Gasteiger partial charge in [-0.3, -0.25) is 14.3 Å². The topological polar surface area (TPSA) is 152 Å². The van der Waals surface area contributed by atoms with Crippen molar-refractivity contribution in [1.29, 1.82) is 5.26 Å². The fourth-order valence-corrected chi connectivity index (χ4v) is 4.94.